The summed E-state index contributed by atoms with van der Waals surface area (Å²) in [6.07, 6.45) is 1.15. The maximum absolute atomic E-state index is 10.3. The summed E-state index contributed by atoms with van der Waals surface area (Å²) in [4.78, 5) is 32.7. The van der Waals surface area contributed by atoms with Gasteiger partial charge in [0.05, 0.1) is 0 Å². The SMILES string of the molecule is CC(=O)ON(OC#N)OC(C)=O. The number of rotatable bonds is 3. The lowest BCUT2D eigenvalue weighted by Crippen LogP contribution is -2.27. The zero-order valence-electron chi connectivity index (χ0n) is 6.44. The van der Waals surface area contributed by atoms with Gasteiger partial charge in [-0.05, 0) is 0 Å². The molecule has 0 amide bonds. The van der Waals surface area contributed by atoms with Gasteiger partial charge in [-0.25, -0.2) is 0 Å². The van der Waals surface area contributed by atoms with Crippen molar-refractivity contribution in [2.75, 3.05) is 0 Å². The Balaban J connectivity index is 3.96. The van der Waals surface area contributed by atoms with E-state index in [-0.39, 0.29) is 5.39 Å². The first-order chi connectivity index (χ1) is 5.56. The smallest absolute Gasteiger partial charge is 0.300 e. The van der Waals surface area contributed by atoms with Gasteiger partial charge in [0, 0.05) is 13.8 Å². The largest absolute Gasteiger partial charge is 0.329 e. The monoisotopic (exact) mass is 174 g/mol. The molecule has 0 saturated heterocycles. The summed E-state index contributed by atoms with van der Waals surface area (Å²) in [5, 5.41) is 7.98. The topological polar surface area (TPSA) is 88.9 Å². The number of hydrogen-bond acceptors (Lipinski definition) is 7. The zero-order valence-corrected chi connectivity index (χ0v) is 6.44. The summed E-state index contributed by atoms with van der Waals surface area (Å²) in [7, 11) is 0. The van der Waals surface area contributed by atoms with Gasteiger partial charge in [0.1, 0.15) is 0 Å². The Morgan fingerprint density at radius 2 is 1.67 bits per heavy atom. The van der Waals surface area contributed by atoms with Gasteiger partial charge in [0.15, 0.2) is 0 Å². The van der Waals surface area contributed by atoms with E-state index >= 15 is 0 Å². The molecule has 0 unspecified atom stereocenters. The molecule has 12 heavy (non-hydrogen) atoms. The Labute approximate surface area is 67.9 Å². The molecule has 0 rings (SSSR count). The minimum Gasteiger partial charge on any atom is -0.300 e. The normalized spacial score (nSPS) is 8.50. The third-order valence-electron chi connectivity index (χ3n) is 0.522. The van der Waals surface area contributed by atoms with Crippen molar-refractivity contribution in [2.24, 2.45) is 0 Å². The van der Waals surface area contributed by atoms with Crippen LogP contribution in [0.5, 0.6) is 0 Å². The first-order valence-electron chi connectivity index (χ1n) is 2.79. The maximum atomic E-state index is 10.3. The lowest BCUT2D eigenvalue weighted by Gasteiger charge is -2.10. The zero-order chi connectivity index (χ0) is 9.56. The molecule has 0 aliphatic carbocycles. The average molecular weight is 174 g/mol. The van der Waals surface area contributed by atoms with Gasteiger partial charge < -0.3 is 9.68 Å². The molecule has 0 bridgehead atoms. The minimum absolute atomic E-state index is 0.0185. The molecule has 0 atom stereocenters. The second kappa shape index (κ2) is 4.92. The summed E-state index contributed by atoms with van der Waals surface area (Å²) >= 11 is 0. The van der Waals surface area contributed by atoms with E-state index in [0.717, 1.165) is 20.1 Å². The van der Waals surface area contributed by atoms with Crippen molar-refractivity contribution < 1.29 is 24.1 Å². The number of nitrogens with zero attached hydrogens (tertiary/aromatic N) is 2. The molecule has 7 heteroatoms. The van der Waals surface area contributed by atoms with Crippen LogP contribution in [0, 0.1) is 11.5 Å². The van der Waals surface area contributed by atoms with E-state index in [1.54, 1.807) is 0 Å². The van der Waals surface area contributed by atoms with E-state index in [2.05, 4.69) is 14.5 Å². The molecule has 0 radical (unpaired) electrons. The van der Waals surface area contributed by atoms with Gasteiger partial charge in [-0.3, -0.25) is 14.4 Å². The van der Waals surface area contributed by atoms with Crippen molar-refractivity contribution in [3.8, 4) is 6.26 Å². The molecule has 0 aliphatic heterocycles. The molecule has 0 fully saturated rings. The second-order valence-corrected chi connectivity index (χ2v) is 1.57. The van der Waals surface area contributed by atoms with Gasteiger partial charge in [-0.1, -0.05) is 0 Å². The van der Waals surface area contributed by atoms with Crippen LogP contribution in [0.3, 0.4) is 0 Å². The fourth-order valence-corrected chi connectivity index (χ4v) is 0.299. The van der Waals surface area contributed by atoms with Crippen LogP contribution >= 0.6 is 0 Å². The van der Waals surface area contributed by atoms with Crippen LogP contribution in [0.15, 0.2) is 0 Å². The van der Waals surface area contributed by atoms with Crippen molar-refractivity contribution in [1.29, 1.82) is 5.26 Å². The van der Waals surface area contributed by atoms with Crippen molar-refractivity contribution in [1.82, 2.24) is 5.39 Å². The Hall–Kier alpha value is -1.81. The number of carbonyl (C=O) groups is 2. The van der Waals surface area contributed by atoms with Crippen LogP contribution in [-0.2, 0) is 24.1 Å². The van der Waals surface area contributed by atoms with Gasteiger partial charge >= 0.3 is 18.2 Å². The van der Waals surface area contributed by atoms with Crippen molar-refractivity contribution in [3.63, 3.8) is 0 Å². The van der Waals surface area contributed by atoms with Crippen LogP contribution in [0.2, 0.25) is 0 Å². The maximum Gasteiger partial charge on any atom is 0.329 e. The number of nitriles is 1. The Morgan fingerprint density at radius 3 is 1.92 bits per heavy atom. The molecule has 0 saturated carbocycles. The second-order valence-electron chi connectivity index (χ2n) is 1.57. The lowest BCUT2D eigenvalue weighted by atomic mass is 10.8. The first kappa shape index (κ1) is 10.2. The summed E-state index contributed by atoms with van der Waals surface area (Å²) in [5.41, 5.74) is 0. The highest BCUT2D eigenvalue weighted by atomic mass is 17.2. The molecule has 0 aromatic rings. The van der Waals surface area contributed by atoms with Crippen LogP contribution in [0.1, 0.15) is 13.8 Å². The highest BCUT2D eigenvalue weighted by Crippen LogP contribution is 1.94. The van der Waals surface area contributed by atoms with E-state index in [1.165, 1.54) is 0 Å². The first-order valence-corrected chi connectivity index (χ1v) is 2.79. The van der Waals surface area contributed by atoms with E-state index in [9.17, 15) is 9.59 Å². The Morgan fingerprint density at radius 1 is 1.25 bits per heavy atom. The van der Waals surface area contributed by atoms with E-state index in [1.807, 2.05) is 0 Å². The molecule has 0 heterocycles. The van der Waals surface area contributed by atoms with Gasteiger partial charge in [0.25, 0.3) is 5.39 Å². The molecule has 0 aromatic carbocycles. The Kier molecular flexibility index (Phi) is 4.18. The van der Waals surface area contributed by atoms with Gasteiger partial charge in [-0.15, -0.1) is 5.26 Å². The lowest BCUT2D eigenvalue weighted by molar-refractivity contribution is -0.461. The highest BCUT2D eigenvalue weighted by molar-refractivity contribution is 5.66. The fourth-order valence-electron chi connectivity index (χ4n) is 0.299. The van der Waals surface area contributed by atoms with Crippen molar-refractivity contribution in [2.45, 2.75) is 13.8 Å². The quantitative estimate of drug-likeness (QED) is 0.427. The number of carbonyl (C=O) groups excluding carboxylic acids is 2. The van der Waals surface area contributed by atoms with Crippen LogP contribution in [-0.4, -0.2) is 17.3 Å². The highest BCUT2D eigenvalue weighted by Gasteiger charge is 2.13. The van der Waals surface area contributed by atoms with Crippen LogP contribution in [0.25, 0.3) is 0 Å². The molecule has 66 valence electrons. The summed E-state index contributed by atoms with van der Waals surface area (Å²) in [5.74, 6) is -1.57. The van der Waals surface area contributed by atoms with E-state index in [4.69, 9.17) is 5.26 Å². The van der Waals surface area contributed by atoms with E-state index < -0.39 is 11.9 Å². The molecule has 0 aromatic heterocycles. The average Bonchev–Trinajstić information content (AvgIpc) is 1.84. The number of hydrogen-bond donors (Lipinski definition) is 0. The minimum atomic E-state index is -0.786. The Bertz CT molecular complexity index is 204. The predicted octanol–water partition coefficient (Wildman–Crippen LogP) is -0.343. The fraction of sp³-hybridized carbons (Fsp3) is 0.400. The summed E-state index contributed by atoms with van der Waals surface area (Å²) < 4.78 is 0. The van der Waals surface area contributed by atoms with Crippen molar-refractivity contribution >= 4 is 11.9 Å². The third kappa shape index (κ3) is 5.01. The standard InChI is InChI=1S/C5H6N2O5/c1-4(8)11-7(10-3-6)12-5(2)9/h1-2H3. The molecule has 0 spiro atoms. The van der Waals surface area contributed by atoms with Crippen LogP contribution < -0.4 is 0 Å². The molecular weight excluding hydrogens is 168 g/mol. The van der Waals surface area contributed by atoms with Crippen molar-refractivity contribution in [3.05, 3.63) is 0 Å². The van der Waals surface area contributed by atoms with Gasteiger partial charge in [-0.2, -0.15) is 0 Å². The molecular formula is C5H6N2O5. The molecule has 0 N–H and O–H groups in total. The van der Waals surface area contributed by atoms with Crippen LogP contribution in [0.4, 0.5) is 0 Å². The predicted molar refractivity (Wildman–Crippen MR) is 32.1 cm³/mol. The summed E-state index contributed by atoms with van der Waals surface area (Å²) in [6.45, 7) is 2.11. The van der Waals surface area contributed by atoms with E-state index in [0.29, 0.717) is 0 Å². The molecule has 7 nitrogen and oxygen atoms in total. The molecule has 0 aliphatic rings. The van der Waals surface area contributed by atoms with Gasteiger partial charge in [0.2, 0.25) is 0 Å². The summed E-state index contributed by atoms with van der Waals surface area (Å²) in [6, 6.07) is 0. The third-order valence-corrected chi connectivity index (χ3v) is 0.522.